The van der Waals surface area contributed by atoms with Gasteiger partial charge in [0.05, 0.1) is 4.90 Å². The van der Waals surface area contributed by atoms with Crippen LogP contribution in [0.2, 0.25) is 0 Å². The summed E-state index contributed by atoms with van der Waals surface area (Å²) in [4.78, 5) is 21.1. The normalized spacial score (nSPS) is 25.9. The molecule has 3 aliphatic carbocycles. The van der Waals surface area contributed by atoms with E-state index in [-0.39, 0.29) is 16.9 Å². The van der Waals surface area contributed by atoms with Gasteiger partial charge in [0.2, 0.25) is 0 Å². The molecule has 1 aromatic heterocycles. The zero-order chi connectivity index (χ0) is 26.5. The first kappa shape index (κ1) is 24.4. The van der Waals surface area contributed by atoms with Gasteiger partial charge in [-0.15, -0.1) is 0 Å². The molecule has 0 bridgehead atoms. The number of H-pyrrole nitrogens is 1. The van der Waals surface area contributed by atoms with Crippen LogP contribution in [-0.4, -0.2) is 66.9 Å². The van der Waals surface area contributed by atoms with Crippen molar-refractivity contribution in [2.24, 2.45) is 16.7 Å². The van der Waals surface area contributed by atoms with Gasteiger partial charge < -0.3 is 9.80 Å². The molecule has 1 atom stereocenters. The minimum Gasteiger partial charge on any atom is -0.323 e. The van der Waals surface area contributed by atoms with Gasteiger partial charge in [0.15, 0.2) is 15.6 Å². The summed E-state index contributed by atoms with van der Waals surface area (Å²) in [6.07, 6.45) is 6.96. The van der Waals surface area contributed by atoms with Crippen molar-refractivity contribution in [1.29, 1.82) is 4.78 Å². The predicted octanol–water partition coefficient (Wildman–Crippen LogP) is 4.86. The maximum atomic E-state index is 13.0. The highest BCUT2D eigenvalue weighted by Crippen LogP contribution is 2.57. The summed E-state index contributed by atoms with van der Waals surface area (Å²) in [6.45, 7) is 3.10. The Morgan fingerprint density at radius 2 is 1.68 bits per heavy atom. The monoisotopic (exact) mass is 548 g/mol. The van der Waals surface area contributed by atoms with E-state index < -0.39 is 20.1 Å². The number of halogens is 3. The average Bonchev–Trinajstić information content (AvgIpc) is 3.49. The third kappa shape index (κ3) is 3.93. The van der Waals surface area contributed by atoms with E-state index in [0.717, 1.165) is 69.6 Å². The Balaban J connectivity index is 0.858. The minimum absolute atomic E-state index is 0.118. The van der Waals surface area contributed by atoms with E-state index in [1.165, 1.54) is 25.0 Å². The summed E-state index contributed by atoms with van der Waals surface area (Å²) in [7, 11) is -4.84. The predicted molar refractivity (Wildman–Crippen MR) is 132 cm³/mol. The first-order valence-electron chi connectivity index (χ1n) is 13.3. The molecular formula is C26H31F3N6O2S. The molecule has 2 spiro atoms. The van der Waals surface area contributed by atoms with Gasteiger partial charge in [0.1, 0.15) is 5.82 Å². The lowest BCUT2D eigenvalue weighted by molar-refractivity contribution is -0.100. The summed E-state index contributed by atoms with van der Waals surface area (Å²) < 4.78 is 58.3. The van der Waals surface area contributed by atoms with Crippen LogP contribution in [0.15, 0.2) is 29.2 Å². The van der Waals surface area contributed by atoms with Crippen LogP contribution in [0.3, 0.4) is 0 Å². The van der Waals surface area contributed by atoms with E-state index in [2.05, 4.69) is 15.2 Å². The summed E-state index contributed by atoms with van der Waals surface area (Å²) in [5.74, 6) is 3.27. The molecule has 7 rings (SSSR count). The van der Waals surface area contributed by atoms with E-state index in [1.54, 1.807) is 6.07 Å². The first-order valence-corrected chi connectivity index (χ1v) is 14.9. The highest BCUT2D eigenvalue weighted by molar-refractivity contribution is 7.93. The lowest BCUT2D eigenvalue weighted by atomic mass is 9.56. The molecule has 0 unspecified atom stereocenters. The molecule has 2 amide bonds. The molecule has 1 aromatic carbocycles. The Morgan fingerprint density at radius 3 is 2.29 bits per heavy atom. The number of aromatic amines is 1. The van der Waals surface area contributed by atoms with E-state index in [4.69, 9.17) is 4.78 Å². The molecule has 12 heteroatoms. The second-order valence-corrected chi connectivity index (χ2v) is 14.6. The summed E-state index contributed by atoms with van der Waals surface area (Å²) in [5.41, 5.74) is -4.05. The van der Waals surface area contributed by atoms with Gasteiger partial charge in [0.25, 0.3) is 0 Å². The van der Waals surface area contributed by atoms with E-state index >= 15 is 0 Å². The van der Waals surface area contributed by atoms with Crippen molar-refractivity contribution in [2.45, 2.75) is 67.2 Å². The number of likely N-dealkylation sites (tertiary alicyclic amines) is 2. The second-order valence-electron chi connectivity index (χ2n) is 12.6. The number of alkyl halides is 3. The van der Waals surface area contributed by atoms with Crippen LogP contribution in [0.25, 0.3) is 0 Å². The number of benzene rings is 1. The maximum absolute atomic E-state index is 13.0. The van der Waals surface area contributed by atoms with Crippen LogP contribution in [-0.2, 0) is 16.1 Å². The summed E-state index contributed by atoms with van der Waals surface area (Å²) in [5, 5.41) is 7.52. The Labute approximate surface area is 219 Å². The van der Waals surface area contributed by atoms with Crippen molar-refractivity contribution < 1.29 is 22.2 Å². The first-order chi connectivity index (χ1) is 17.9. The average molecular weight is 549 g/mol. The molecule has 2 N–H and O–H groups in total. The van der Waals surface area contributed by atoms with Gasteiger partial charge in [-0.25, -0.2) is 18.8 Å². The third-order valence-electron chi connectivity index (χ3n) is 9.38. The topological polar surface area (TPSA) is 106 Å². The van der Waals surface area contributed by atoms with Crippen molar-refractivity contribution in [3.05, 3.63) is 41.5 Å². The fraction of sp³-hybridized carbons (Fsp3) is 0.654. The Kier molecular flexibility index (Phi) is 5.11. The van der Waals surface area contributed by atoms with Gasteiger partial charge >= 0.3 is 11.5 Å². The Bertz CT molecular complexity index is 1370. The molecule has 38 heavy (non-hydrogen) atoms. The lowest BCUT2D eigenvalue weighted by Crippen LogP contribution is -2.70. The number of urea groups is 1. The number of amides is 2. The molecule has 2 aromatic rings. The van der Waals surface area contributed by atoms with Gasteiger partial charge in [-0.1, -0.05) is 12.1 Å². The summed E-state index contributed by atoms with van der Waals surface area (Å²) >= 11 is 0. The Morgan fingerprint density at radius 1 is 1.05 bits per heavy atom. The smallest absolute Gasteiger partial charge is 0.323 e. The number of carbonyl (C=O) groups is 1. The van der Waals surface area contributed by atoms with Gasteiger partial charge in [-0.05, 0) is 68.6 Å². The van der Waals surface area contributed by atoms with Crippen LogP contribution in [0, 0.1) is 21.5 Å². The van der Waals surface area contributed by atoms with E-state index in [9.17, 15) is 22.2 Å². The Hall–Kier alpha value is -2.63. The third-order valence-corrected chi connectivity index (χ3v) is 10.9. The number of aromatic nitrogens is 3. The van der Waals surface area contributed by atoms with Crippen LogP contribution < -0.4 is 0 Å². The number of nitrogens with one attached hydrogen (secondary N) is 2. The highest BCUT2D eigenvalue weighted by atomic mass is 32.2. The van der Waals surface area contributed by atoms with Crippen molar-refractivity contribution in [1.82, 2.24) is 25.0 Å². The number of carbonyl (C=O) groups excluding carboxylic acids is 1. The van der Waals surface area contributed by atoms with Gasteiger partial charge in [-0.3, -0.25) is 5.10 Å². The number of hydrogen-bond donors (Lipinski definition) is 2. The van der Waals surface area contributed by atoms with Crippen molar-refractivity contribution in [3.8, 4) is 0 Å². The largest absolute Gasteiger partial charge is 0.483 e. The molecular weight excluding hydrogens is 517 g/mol. The van der Waals surface area contributed by atoms with Crippen LogP contribution >= 0.6 is 0 Å². The zero-order valence-electron chi connectivity index (χ0n) is 21.0. The van der Waals surface area contributed by atoms with Gasteiger partial charge in [0, 0.05) is 48.8 Å². The number of hydrogen-bond acceptors (Lipinski definition) is 5. The van der Waals surface area contributed by atoms with Crippen molar-refractivity contribution in [3.63, 3.8) is 0 Å². The molecule has 0 radical (unpaired) electrons. The molecule has 5 fully saturated rings. The lowest BCUT2D eigenvalue weighted by Gasteiger charge is -2.63. The van der Waals surface area contributed by atoms with E-state index in [1.807, 2.05) is 9.80 Å². The molecule has 2 saturated heterocycles. The summed E-state index contributed by atoms with van der Waals surface area (Å²) in [6, 6.07) is 5.68. The molecule has 8 nitrogen and oxygen atoms in total. The molecule has 5 aliphatic rings. The highest BCUT2D eigenvalue weighted by Gasteiger charge is 2.58. The van der Waals surface area contributed by atoms with Crippen LogP contribution in [0.1, 0.15) is 67.6 Å². The van der Waals surface area contributed by atoms with Gasteiger partial charge in [-0.2, -0.15) is 18.3 Å². The standard InChI is InChI=1S/C26H31F3N6O2S/c27-26(28,29)38(30,37)20-3-1-2-16(7-20)6-17-8-24(9-17)12-34(13-24)23(36)35-14-25(15-35)10-19(11-25)22-31-21(32-33-22)18-4-5-18/h1-3,7,17-19,30H,4-6,8-15H2,(H,31,32,33)/t38-/m1/s1. The molecule has 3 heterocycles. The van der Waals surface area contributed by atoms with Crippen LogP contribution in [0.5, 0.6) is 0 Å². The minimum atomic E-state index is -5.08. The second kappa shape index (κ2) is 7.95. The fourth-order valence-electron chi connectivity index (χ4n) is 7.32. The van der Waals surface area contributed by atoms with Crippen molar-refractivity contribution >= 4 is 15.8 Å². The van der Waals surface area contributed by atoms with E-state index in [0.29, 0.717) is 29.7 Å². The molecule has 204 valence electrons. The number of nitrogens with zero attached hydrogens (tertiary/aromatic N) is 4. The quantitative estimate of drug-likeness (QED) is 0.557. The zero-order valence-corrected chi connectivity index (χ0v) is 21.8. The van der Waals surface area contributed by atoms with Crippen LogP contribution in [0.4, 0.5) is 18.0 Å². The fourth-order valence-corrected chi connectivity index (χ4v) is 8.17. The maximum Gasteiger partial charge on any atom is 0.483 e. The molecule has 3 saturated carbocycles. The molecule has 2 aliphatic heterocycles. The van der Waals surface area contributed by atoms with Crippen molar-refractivity contribution in [2.75, 3.05) is 26.2 Å². The number of rotatable bonds is 5. The SMILES string of the molecule is N=[S@@](=O)(c1cccc(CC2CC3(C2)CN(C(=O)N2CC4(CC(c5n[nH]c(C6CC6)n5)C4)C2)C3)c1)C(F)(F)F.